The fourth-order valence-corrected chi connectivity index (χ4v) is 2.23. The van der Waals surface area contributed by atoms with Crippen LogP contribution in [0.1, 0.15) is 23.2 Å². The van der Waals surface area contributed by atoms with E-state index in [1.54, 1.807) is 11.9 Å². The zero-order valence-electron chi connectivity index (χ0n) is 10.9. The number of carbonyl (C=O) groups excluding carboxylic acids is 1. The van der Waals surface area contributed by atoms with Gasteiger partial charge in [0.25, 0.3) is 5.91 Å². The highest BCUT2D eigenvalue weighted by molar-refractivity contribution is 9.10. The Bertz CT molecular complexity index is 463. The molecule has 5 heteroatoms. The van der Waals surface area contributed by atoms with Gasteiger partial charge in [0.15, 0.2) is 0 Å². The Balaban J connectivity index is 1.83. The molecule has 1 amide bonds. The quantitative estimate of drug-likeness (QED) is 0.750. The minimum atomic E-state index is -0.362. The number of hydrogen-bond donors (Lipinski definition) is 0. The van der Waals surface area contributed by atoms with Crippen LogP contribution in [0.5, 0.6) is 0 Å². The van der Waals surface area contributed by atoms with Crippen molar-refractivity contribution in [3.8, 4) is 0 Å². The average molecular weight is 330 g/mol. The minimum absolute atomic E-state index is 0.137. The number of nitrogens with zero attached hydrogens (tertiary/aromatic N) is 1. The first kappa shape index (κ1) is 14.5. The van der Waals surface area contributed by atoms with Crippen molar-refractivity contribution in [3.05, 3.63) is 34.1 Å². The molecule has 0 unspecified atom stereocenters. The minimum Gasteiger partial charge on any atom is -0.379 e. The van der Waals surface area contributed by atoms with Crippen LogP contribution in [0.4, 0.5) is 4.39 Å². The molecule has 1 aromatic rings. The van der Waals surface area contributed by atoms with E-state index in [9.17, 15) is 9.18 Å². The van der Waals surface area contributed by atoms with E-state index >= 15 is 0 Å². The topological polar surface area (TPSA) is 29.5 Å². The zero-order chi connectivity index (χ0) is 13.8. The summed E-state index contributed by atoms with van der Waals surface area (Å²) >= 11 is 3.21. The highest BCUT2D eigenvalue weighted by Crippen LogP contribution is 2.28. The molecule has 1 aliphatic rings. The molecule has 1 aromatic carbocycles. The number of ether oxygens (including phenoxy) is 1. The molecule has 0 bridgehead atoms. The lowest BCUT2D eigenvalue weighted by Gasteiger charge is -2.18. The van der Waals surface area contributed by atoms with Crippen LogP contribution in [0.15, 0.2) is 22.7 Å². The molecule has 0 radical (unpaired) electrons. The van der Waals surface area contributed by atoms with Gasteiger partial charge in [-0.25, -0.2) is 4.39 Å². The van der Waals surface area contributed by atoms with Crippen LogP contribution in [0.25, 0.3) is 0 Å². The fraction of sp³-hybridized carbons (Fsp3) is 0.500. The molecule has 0 aromatic heterocycles. The number of amides is 1. The first-order valence-electron chi connectivity index (χ1n) is 6.36. The van der Waals surface area contributed by atoms with Gasteiger partial charge in [-0.05, 0) is 52.9 Å². The number of halogens is 2. The van der Waals surface area contributed by atoms with Crippen LogP contribution in [0.2, 0.25) is 0 Å². The molecule has 0 saturated heterocycles. The monoisotopic (exact) mass is 329 g/mol. The van der Waals surface area contributed by atoms with Gasteiger partial charge in [0, 0.05) is 24.7 Å². The Labute approximate surface area is 120 Å². The Hall–Kier alpha value is -0.940. The molecule has 19 heavy (non-hydrogen) atoms. The van der Waals surface area contributed by atoms with Gasteiger partial charge in [-0.1, -0.05) is 0 Å². The third-order valence-corrected chi connectivity index (χ3v) is 3.79. The van der Waals surface area contributed by atoms with Crippen molar-refractivity contribution in [2.24, 2.45) is 5.92 Å². The Morgan fingerprint density at radius 1 is 1.53 bits per heavy atom. The predicted molar refractivity (Wildman–Crippen MR) is 74.6 cm³/mol. The van der Waals surface area contributed by atoms with E-state index < -0.39 is 0 Å². The normalized spacial score (nSPS) is 14.5. The number of hydrogen-bond acceptors (Lipinski definition) is 2. The second-order valence-electron chi connectivity index (χ2n) is 4.87. The molecule has 0 spiro atoms. The van der Waals surface area contributed by atoms with Crippen LogP contribution in [0.3, 0.4) is 0 Å². The van der Waals surface area contributed by atoms with E-state index in [1.165, 1.54) is 31.0 Å². The Kier molecular flexibility index (Phi) is 4.93. The maximum absolute atomic E-state index is 13.0. The predicted octanol–water partition coefficient (Wildman–Crippen LogP) is 3.09. The van der Waals surface area contributed by atoms with Crippen LogP contribution in [-0.2, 0) is 4.74 Å². The van der Waals surface area contributed by atoms with E-state index in [4.69, 9.17) is 4.74 Å². The fourth-order valence-electron chi connectivity index (χ4n) is 1.71. The maximum atomic E-state index is 13.0. The van der Waals surface area contributed by atoms with Crippen LogP contribution in [0, 0.1) is 11.7 Å². The second-order valence-corrected chi connectivity index (χ2v) is 5.72. The summed E-state index contributed by atoms with van der Waals surface area (Å²) in [6, 6.07) is 4.07. The van der Waals surface area contributed by atoms with E-state index in [1.807, 2.05) is 0 Å². The molecule has 104 valence electrons. The van der Waals surface area contributed by atoms with Crippen LogP contribution >= 0.6 is 15.9 Å². The Morgan fingerprint density at radius 2 is 2.26 bits per heavy atom. The molecular formula is C14H17BrFNO2. The lowest BCUT2D eigenvalue weighted by atomic mass is 10.2. The lowest BCUT2D eigenvalue weighted by molar-refractivity contribution is 0.0680. The number of likely N-dealkylation sites (N-methyl/N-ethyl adjacent to an activating group) is 1. The molecule has 0 N–H and O–H groups in total. The number of rotatable bonds is 6. The third kappa shape index (κ3) is 4.28. The van der Waals surface area contributed by atoms with Gasteiger partial charge in [-0.2, -0.15) is 0 Å². The van der Waals surface area contributed by atoms with Crippen molar-refractivity contribution in [3.63, 3.8) is 0 Å². The van der Waals surface area contributed by atoms with Gasteiger partial charge < -0.3 is 9.64 Å². The van der Waals surface area contributed by atoms with Crippen LogP contribution in [-0.4, -0.2) is 37.6 Å². The van der Waals surface area contributed by atoms with Crippen molar-refractivity contribution in [2.75, 3.05) is 26.8 Å². The summed E-state index contributed by atoms with van der Waals surface area (Å²) < 4.78 is 18.9. The van der Waals surface area contributed by atoms with E-state index in [0.29, 0.717) is 23.2 Å². The highest BCUT2D eigenvalue weighted by atomic mass is 79.9. The van der Waals surface area contributed by atoms with Gasteiger partial charge in [0.2, 0.25) is 0 Å². The molecule has 1 saturated carbocycles. The molecule has 1 aliphatic carbocycles. The van der Waals surface area contributed by atoms with Crippen molar-refractivity contribution in [2.45, 2.75) is 12.8 Å². The lowest BCUT2D eigenvalue weighted by Crippen LogP contribution is -2.30. The number of carbonyl (C=O) groups is 1. The molecular weight excluding hydrogens is 313 g/mol. The van der Waals surface area contributed by atoms with Gasteiger partial charge in [0.1, 0.15) is 5.82 Å². The van der Waals surface area contributed by atoms with Gasteiger partial charge in [0.05, 0.1) is 12.2 Å². The van der Waals surface area contributed by atoms with Crippen molar-refractivity contribution >= 4 is 21.8 Å². The second kappa shape index (κ2) is 6.48. The van der Waals surface area contributed by atoms with E-state index in [-0.39, 0.29) is 11.7 Å². The smallest absolute Gasteiger partial charge is 0.254 e. The molecule has 1 fully saturated rings. The van der Waals surface area contributed by atoms with Crippen LogP contribution < -0.4 is 0 Å². The van der Waals surface area contributed by atoms with E-state index in [2.05, 4.69) is 15.9 Å². The van der Waals surface area contributed by atoms with E-state index in [0.717, 1.165) is 12.5 Å². The summed E-state index contributed by atoms with van der Waals surface area (Å²) in [5.41, 5.74) is 0.464. The van der Waals surface area contributed by atoms with Gasteiger partial charge >= 0.3 is 0 Å². The van der Waals surface area contributed by atoms with Gasteiger partial charge in [-0.3, -0.25) is 4.79 Å². The standard InChI is InChI=1S/C14H17BrFNO2/c1-17(6-7-19-9-10-2-3-10)14(18)12-5-4-11(16)8-13(12)15/h4-5,8,10H,2-3,6-7,9H2,1H3. The average Bonchev–Trinajstić information content (AvgIpc) is 3.17. The summed E-state index contributed by atoms with van der Waals surface area (Å²) in [5.74, 6) is 0.230. The number of benzene rings is 1. The SMILES string of the molecule is CN(CCOCC1CC1)C(=O)c1ccc(F)cc1Br. The molecule has 2 rings (SSSR count). The summed E-state index contributed by atoms with van der Waals surface area (Å²) in [4.78, 5) is 13.7. The first-order chi connectivity index (χ1) is 9.08. The molecule has 3 nitrogen and oxygen atoms in total. The summed E-state index contributed by atoms with van der Waals surface area (Å²) in [7, 11) is 1.72. The zero-order valence-corrected chi connectivity index (χ0v) is 12.5. The molecule has 0 heterocycles. The van der Waals surface area contributed by atoms with Gasteiger partial charge in [-0.15, -0.1) is 0 Å². The third-order valence-electron chi connectivity index (χ3n) is 3.13. The largest absolute Gasteiger partial charge is 0.379 e. The summed E-state index contributed by atoms with van der Waals surface area (Å²) in [6.07, 6.45) is 2.52. The maximum Gasteiger partial charge on any atom is 0.254 e. The van der Waals surface area contributed by atoms with Crippen molar-refractivity contribution in [1.29, 1.82) is 0 Å². The summed E-state index contributed by atoms with van der Waals surface area (Å²) in [6.45, 7) is 1.87. The highest BCUT2D eigenvalue weighted by Gasteiger charge is 2.21. The van der Waals surface area contributed by atoms with Crippen molar-refractivity contribution in [1.82, 2.24) is 4.90 Å². The van der Waals surface area contributed by atoms with Crippen molar-refractivity contribution < 1.29 is 13.9 Å². The first-order valence-corrected chi connectivity index (χ1v) is 7.15. The molecule has 0 aliphatic heterocycles. The Morgan fingerprint density at radius 3 is 2.89 bits per heavy atom. The summed E-state index contributed by atoms with van der Waals surface area (Å²) in [5, 5.41) is 0. The molecule has 0 atom stereocenters.